The van der Waals surface area contributed by atoms with Crippen LogP contribution in [0.1, 0.15) is 5.56 Å². The summed E-state index contributed by atoms with van der Waals surface area (Å²) in [5.74, 6) is 0. The molecule has 0 fully saturated rings. The van der Waals surface area contributed by atoms with Crippen LogP contribution in [0.2, 0.25) is 0 Å². The molecular formula is C26H16N4O3S. The molecule has 7 nitrogen and oxygen atoms in total. The van der Waals surface area contributed by atoms with Crippen LogP contribution in [0.3, 0.4) is 0 Å². The Morgan fingerprint density at radius 1 is 0.588 bits per heavy atom. The van der Waals surface area contributed by atoms with Crippen molar-refractivity contribution in [3.8, 4) is 0 Å². The Bertz CT molecular complexity index is 1650. The van der Waals surface area contributed by atoms with Crippen LogP contribution in [0.15, 0.2) is 139 Å². The van der Waals surface area contributed by atoms with E-state index in [1.54, 1.807) is 30.4 Å². The standard InChI is InChI=1S/C26H16N4O3S/c31-34(32,33)26-4-2-1-3-23(26)24-14-22-13-20-8-7-18(28-20)11-16-5-6-17(27-16)12-19-9-10-21(29-19)15-25(24)30-22/h1-15H,(H,31,32,33). The molecule has 164 valence electrons. The van der Waals surface area contributed by atoms with Gasteiger partial charge in [0.25, 0.3) is 10.1 Å². The molecule has 0 aromatic heterocycles. The summed E-state index contributed by atoms with van der Waals surface area (Å²) in [6.07, 6.45) is 20.6. The second kappa shape index (κ2) is 7.65. The second-order valence-corrected chi connectivity index (χ2v) is 9.30. The Balaban J connectivity index is 1.54. The van der Waals surface area contributed by atoms with Crippen molar-refractivity contribution < 1.29 is 13.0 Å². The minimum Gasteiger partial charge on any atom is -0.282 e. The fourth-order valence-corrected chi connectivity index (χ4v) is 4.73. The van der Waals surface area contributed by atoms with Gasteiger partial charge in [-0.25, -0.2) is 20.0 Å². The number of rotatable bonds is 2. The van der Waals surface area contributed by atoms with Crippen LogP contribution in [0.5, 0.6) is 0 Å². The molecule has 0 saturated heterocycles. The highest BCUT2D eigenvalue weighted by molar-refractivity contribution is 7.86. The van der Waals surface area contributed by atoms with Crippen molar-refractivity contribution in [1.29, 1.82) is 0 Å². The number of hydrogen-bond donors (Lipinski definition) is 1. The number of aliphatic imine (C=N–C) groups is 4. The van der Waals surface area contributed by atoms with Gasteiger partial charge in [-0.1, -0.05) is 18.2 Å². The molecular weight excluding hydrogens is 448 g/mol. The smallest absolute Gasteiger partial charge is 0.282 e. The summed E-state index contributed by atoms with van der Waals surface area (Å²) in [5.41, 5.74) is 6.56. The van der Waals surface area contributed by atoms with E-state index in [0.29, 0.717) is 34.0 Å². The van der Waals surface area contributed by atoms with E-state index >= 15 is 0 Å². The van der Waals surface area contributed by atoms with Crippen LogP contribution in [-0.2, 0) is 10.1 Å². The molecule has 0 spiro atoms. The van der Waals surface area contributed by atoms with Crippen molar-refractivity contribution in [2.75, 3.05) is 0 Å². The van der Waals surface area contributed by atoms with Gasteiger partial charge in [-0.3, -0.25) is 4.55 Å². The van der Waals surface area contributed by atoms with Crippen molar-refractivity contribution in [1.82, 2.24) is 0 Å². The Morgan fingerprint density at radius 3 is 1.71 bits per heavy atom. The molecule has 6 rings (SSSR count). The van der Waals surface area contributed by atoms with Crippen LogP contribution >= 0.6 is 0 Å². The lowest BCUT2D eigenvalue weighted by Gasteiger charge is -2.08. The van der Waals surface area contributed by atoms with E-state index in [4.69, 9.17) is 4.99 Å². The highest BCUT2D eigenvalue weighted by atomic mass is 32.2. The predicted octanol–water partition coefficient (Wildman–Crippen LogP) is 4.35. The summed E-state index contributed by atoms with van der Waals surface area (Å²) >= 11 is 0. The first-order valence-corrected chi connectivity index (χ1v) is 11.9. The lowest BCUT2D eigenvalue weighted by Crippen LogP contribution is -2.05. The zero-order valence-corrected chi connectivity index (χ0v) is 18.4. The summed E-state index contributed by atoms with van der Waals surface area (Å²) in [6, 6.07) is 6.30. The SMILES string of the molecule is O=S(=O)(O)c1ccccc1C1=CC2=CC3=NC(=CC4=NC(=CC5=NC(=CC1=N2)C=C5)C=C4)C=C3. The Morgan fingerprint density at radius 2 is 1.12 bits per heavy atom. The van der Waals surface area contributed by atoms with Crippen molar-refractivity contribution in [2.45, 2.75) is 4.90 Å². The van der Waals surface area contributed by atoms with E-state index in [2.05, 4.69) is 15.0 Å². The van der Waals surface area contributed by atoms with E-state index in [9.17, 15) is 13.0 Å². The first-order valence-electron chi connectivity index (χ1n) is 10.5. The van der Waals surface area contributed by atoms with E-state index in [1.807, 2.05) is 54.7 Å². The molecule has 5 aliphatic rings. The van der Waals surface area contributed by atoms with Crippen molar-refractivity contribution in [3.63, 3.8) is 0 Å². The van der Waals surface area contributed by atoms with Crippen molar-refractivity contribution in [2.24, 2.45) is 20.0 Å². The largest absolute Gasteiger partial charge is 0.295 e. The third kappa shape index (κ3) is 3.85. The van der Waals surface area contributed by atoms with Crippen LogP contribution in [0, 0.1) is 0 Å². The van der Waals surface area contributed by atoms with E-state index in [-0.39, 0.29) is 4.90 Å². The van der Waals surface area contributed by atoms with E-state index in [1.165, 1.54) is 6.07 Å². The average Bonchev–Trinajstić information content (AvgIpc) is 3.58. The average molecular weight is 465 g/mol. The fraction of sp³-hybridized carbons (Fsp3) is 0. The Labute approximate surface area is 195 Å². The third-order valence-electron chi connectivity index (χ3n) is 5.49. The Kier molecular flexibility index (Phi) is 4.58. The number of hydrogen-bond acceptors (Lipinski definition) is 6. The first kappa shape index (κ1) is 20.3. The molecule has 0 saturated carbocycles. The highest BCUT2D eigenvalue weighted by Gasteiger charge is 2.24. The molecule has 8 heteroatoms. The van der Waals surface area contributed by atoms with Gasteiger partial charge < -0.3 is 0 Å². The maximum absolute atomic E-state index is 12.0. The number of allylic oxidation sites excluding steroid dienone is 12. The Hall–Kier alpha value is -4.27. The van der Waals surface area contributed by atoms with Crippen LogP contribution in [0.25, 0.3) is 5.57 Å². The zero-order chi connectivity index (χ0) is 23.3. The first-order chi connectivity index (χ1) is 16.4. The van der Waals surface area contributed by atoms with Gasteiger partial charge in [0.1, 0.15) is 4.90 Å². The third-order valence-corrected chi connectivity index (χ3v) is 6.41. The van der Waals surface area contributed by atoms with Crippen LogP contribution in [-0.4, -0.2) is 35.8 Å². The molecule has 0 atom stereocenters. The van der Waals surface area contributed by atoms with Crippen molar-refractivity contribution >= 4 is 38.5 Å². The minimum absolute atomic E-state index is 0.180. The molecule has 0 amide bonds. The van der Waals surface area contributed by atoms with Crippen molar-refractivity contribution in [3.05, 3.63) is 119 Å². The fourth-order valence-electron chi connectivity index (χ4n) is 4.03. The topological polar surface area (TPSA) is 104 Å². The monoisotopic (exact) mass is 464 g/mol. The van der Waals surface area contributed by atoms with Gasteiger partial charge >= 0.3 is 0 Å². The van der Waals surface area contributed by atoms with Gasteiger partial charge in [-0.2, -0.15) is 8.42 Å². The molecule has 5 aliphatic heterocycles. The van der Waals surface area contributed by atoms with Gasteiger partial charge in [-0.05, 0) is 72.9 Å². The summed E-state index contributed by atoms with van der Waals surface area (Å²) in [7, 11) is -4.43. The van der Waals surface area contributed by atoms with E-state index in [0.717, 1.165) is 22.8 Å². The number of benzene rings is 1. The summed E-state index contributed by atoms with van der Waals surface area (Å²) in [4.78, 5) is 18.4. The molecule has 0 unspecified atom stereocenters. The molecule has 5 heterocycles. The lowest BCUT2D eigenvalue weighted by atomic mass is 10.0. The predicted molar refractivity (Wildman–Crippen MR) is 134 cm³/mol. The summed E-state index contributed by atoms with van der Waals surface area (Å²) in [6.45, 7) is 0. The molecule has 1 aromatic rings. The van der Waals surface area contributed by atoms with Gasteiger partial charge in [-0.15, -0.1) is 0 Å². The summed E-state index contributed by atoms with van der Waals surface area (Å²) in [5, 5.41) is 0. The normalized spacial score (nSPS) is 20.2. The molecule has 0 radical (unpaired) electrons. The maximum Gasteiger partial charge on any atom is 0.295 e. The van der Waals surface area contributed by atoms with E-state index < -0.39 is 10.1 Å². The molecule has 1 N–H and O–H groups in total. The van der Waals surface area contributed by atoms with Gasteiger partial charge in [0.05, 0.1) is 45.6 Å². The second-order valence-electron chi connectivity index (χ2n) is 7.91. The van der Waals surface area contributed by atoms with Gasteiger partial charge in [0.2, 0.25) is 0 Å². The lowest BCUT2D eigenvalue weighted by molar-refractivity contribution is 0.483. The zero-order valence-electron chi connectivity index (χ0n) is 17.6. The molecule has 0 aliphatic carbocycles. The van der Waals surface area contributed by atoms with Gasteiger partial charge in [0.15, 0.2) is 0 Å². The quantitative estimate of drug-likeness (QED) is 0.658. The molecule has 8 bridgehead atoms. The number of fused-ring (bicyclic) bond motifs is 4. The summed E-state index contributed by atoms with van der Waals surface area (Å²) < 4.78 is 33.9. The molecule has 1 aromatic carbocycles. The maximum atomic E-state index is 12.0. The number of nitrogens with zero attached hydrogens (tertiary/aromatic N) is 4. The highest BCUT2D eigenvalue weighted by Crippen LogP contribution is 2.32. The minimum atomic E-state index is -4.43. The molecule has 34 heavy (non-hydrogen) atoms. The van der Waals surface area contributed by atoms with Crippen LogP contribution in [0.4, 0.5) is 0 Å². The van der Waals surface area contributed by atoms with Crippen LogP contribution < -0.4 is 0 Å². The van der Waals surface area contributed by atoms with Gasteiger partial charge in [0, 0.05) is 11.1 Å².